The number of hydrogen-bond donors (Lipinski definition) is 0. The minimum atomic E-state index is -0.239. The first kappa shape index (κ1) is 19.7. The third-order valence-electron chi connectivity index (χ3n) is 6.94. The highest BCUT2D eigenvalue weighted by Gasteiger charge is 2.43. The molecule has 1 unspecified atom stereocenters. The largest absolute Gasteiger partial charge is 0.443 e. The third-order valence-corrected chi connectivity index (χ3v) is 6.94. The topological polar surface area (TPSA) is 95.5 Å². The molecule has 2 aliphatic heterocycles. The number of nitrogens with zero attached hydrogens (tertiary/aromatic N) is 5. The second-order valence-electron chi connectivity index (χ2n) is 9.42. The molecule has 3 aliphatic rings. The predicted octanol–water partition coefficient (Wildman–Crippen LogP) is 3.92. The summed E-state index contributed by atoms with van der Waals surface area (Å²) in [5, 5.41) is 9.90. The normalized spacial score (nSPS) is 23.0. The molecule has 9 heteroatoms. The van der Waals surface area contributed by atoms with Gasteiger partial charge in [0.2, 0.25) is 11.7 Å². The highest BCUT2D eigenvalue weighted by atomic mass is 16.6. The van der Waals surface area contributed by atoms with Crippen LogP contribution < -0.4 is 0 Å². The van der Waals surface area contributed by atoms with Crippen molar-refractivity contribution in [2.75, 3.05) is 26.3 Å². The van der Waals surface area contributed by atoms with Gasteiger partial charge in [-0.2, -0.15) is 10.1 Å². The van der Waals surface area contributed by atoms with Gasteiger partial charge in [0.25, 0.3) is 0 Å². The summed E-state index contributed by atoms with van der Waals surface area (Å²) >= 11 is 0. The van der Waals surface area contributed by atoms with E-state index in [0.717, 1.165) is 55.2 Å². The minimum Gasteiger partial charge on any atom is -0.443 e. The van der Waals surface area contributed by atoms with E-state index >= 15 is 0 Å². The number of carbonyl (C=O) groups is 1. The molecule has 0 spiro atoms. The van der Waals surface area contributed by atoms with Gasteiger partial charge in [-0.3, -0.25) is 4.68 Å². The van der Waals surface area contributed by atoms with Crippen molar-refractivity contribution in [3.05, 3.63) is 30.3 Å². The zero-order valence-electron chi connectivity index (χ0n) is 18.2. The first-order chi connectivity index (χ1) is 15.6. The van der Waals surface area contributed by atoms with Crippen LogP contribution >= 0.6 is 0 Å². The molecular weight excluding hydrogens is 410 g/mol. The van der Waals surface area contributed by atoms with Crippen LogP contribution in [0.4, 0.5) is 4.79 Å². The van der Waals surface area contributed by atoms with E-state index in [1.54, 1.807) is 4.90 Å². The summed E-state index contributed by atoms with van der Waals surface area (Å²) in [6.07, 6.45) is 6.16. The van der Waals surface area contributed by atoms with Gasteiger partial charge < -0.3 is 18.9 Å². The van der Waals surface area contributed by atoms with Crippen molar-refractivity contribution in [2.24, 2.45) is 0 Å². The van der Waals surface area contributed by atoms with Gasteiger partial charge in [0.05, 0.1) is 24.4 Å². The van der Waals surface area contributed by atoms with E-state index in [1.165, 1.54) is 0 Å². The minimum absolute atomic E-state index is 0.154. The second-order valence-corrected chi connectivity index (χ2v) is 9.42. The van der Waals surface area contributed by atoms with Gasteiger partial charge >= 0.3 is 6.09 Å². The number of rotatable bonds is 4. The molecule has 0 bridgehead atoms. The van der Waals surface area contributed by atoms with E-state index in [4.69, 9.17) is 19.0 Å². The van der Waals surface area contributed by atoms with E-state index < -0.39 is 0 Å². The quantitative estimate of drug-likeness (QED) is 0.610. The van der Waals surface area contributed by atoms with Gasteiger partial charge in [0.15, 0.2) is 0 Å². The number of ether oxygens (including phenoxy) is 2. The fourth-order valence-electron chi connectivity index (χ4n) is 4.56. The number of benzene rings is 1. The van der Waals surface area contributed by atoms with Crippen molar-refractivity contribution in [3.8, 4) is 11.4 Å². The summed E-state index contributed by atoms with van der Waals surface area (Å²) in [5.41, 5.74) is 1.73. The van der Waals surface area contributed by atoms with E-state index in [1.807, 2.05) is 29.9 Å². The fourth-order valence-corrected chi connectivity index (χ4v) is 4.56. The average Bonchev–Trinajstić information content (AvgIpc) is 3.29. The standard InChI is InChI=1S/C23H27N5O4/c1-23(7-8-23)31-22(29)27-9-4-15(5-10-27)21-25-20(26-32-21)16-2-3-17-13-24-28(19(17)12-16)18-6-11-30-14-18/h2-3,12-13,15,18H,4-11,14H2,1H3. The number of likely N-dealkylation sites (tertiary alicyclic amines) is 1. The Morgan fingerprint density at radius 1 is 1.22 bits per heavy atom. The van der Waals surface area contributed by atoms with E-state index in [9.17, 15) is 4.79 Å². The van der Waals surface area contributed by atoms with Gasteiger partial charge in [-0.05, 0) is 45.1 Å². The molecule has 1 amide bonds. The van der Waals surface area contributed by atoms with Crippen LogP contribution in [0.3, 0.4) is 0 Å². The zero-order valence-corrected chi connectivity index (χ0v) is 18.2. The van der Waals surface area contributed by atoms with Crippen LogP contribution in [0.5, 0.6) is 0 Å². The second kappa shape index (κ2) is 7.58. The molecule has 0 N–H and O–H groups in total. The molecule has 1 aromatic carbocycles. The molecule has 1 atom stereocenters. The van der Waals surface area contributed by atoms with Crippen molar-refractivity contribution in [2.45, 2.75) is 56.6 Å². The Balaban J connectivity index is 1.15. The lowest BCUT2D eigenvalue weighted by molar-refractivity contribution is 0.0510. The van der Waals surface area contributed by atoms with Crippen LogP contribution in [0, 0.1) is 0 Å². The summed E-state index contributed by atoms with van der Waals surface area (Å²) < 4.78 is 18.8. The molecule has 32 heavy (non-hydrogen) atoms. The number of fused-ring (bicyclic) bond motifs is 1. The Kier molecular flexibility index (Phi) is 4.67. The van der Waals surface area contributed by atoms with Gasteiger partial charge in [0.1, 0.15) is 5.60 Å². The van der Waals surface area contributed by atoms with Gasteiger partial charge in [-0.25, -0.2) is 4.79 Å². The number of hydrogen-bond acceptors (Lipinski definition) is 7. The lowest BCUT2D eigenvalue weighted by Crippen LogP contribution is -2.39. The molecule has 2 aromatic heterocycles. The Morgan fingerprint density at radius 3 is 2.81 bits per heavy atom. The first-order valence-electron chi connectivity index (χ1n) is 11.4. The summed E-state index contributed by atoms with van der Waals surface area (Å²) in [6.45, 7) is 4.75. The summed E-state index contributed by atoms with van der Waals surface area (Å²) in [7, 11) is 0. The summed E-state index contributed by atoms with van der Waals surface area (Å²) in [4.78, 5) is 18.8. The maximum Gasteiger partial charge on any atom is 0.410 e. The van der Waals surface area contributed by atoms with Gasteiger partial charge in [-0.1, -0.05) is 17.3 Å². The number of aromatic nitrogens is 4. The van der Waals surface area contributed by atoms with E-state index in [-0.39, 0.29) is 23.7 Å². The maximum atomic E-state index is 12.3. The molecule has 9 nitrogen and oxygen atoms in total. The predicted molar refractivity (Wildman–Crippen MR) is 115 cm³/mol. The Labute approximate surface area is 185 Å². The number of carbonyl (C=O) groups excluding carboxylic acids is 1. The monoisotopic (exact) mass is 437 g/mol. The zero-order chi connectivity index (χ0) is 21.7. The molecular formula is C23H27N5O4. The van der Waals surface area contributed by atoms with Crippen LogP contribution in [0.25, 0.3) is 22.3 Å². The third kappa shape index (κ3) is 3.64. The fraction of sp³-hybridized carbons (Fsp3) is 0.565. The Morgan fingerprint density at radius 2 is 2.06 bits per heavy atom. The van der Waals surface area contributed by atoms with Crippen molar-refractivity contribution < 1.29 is 18.8 Å². The Bertz CT molecular complexity index is 1140. The number of piperidine rings is 1. The van der Waals surface area contributed by atoms with Crippen LogP contribution in [0.2, 0.25) is 0 Å². The van der Waals surface area contributed by atoms with Crippen LogP contribution in [-0.2, 0) is 9.47 Å². The molecule has 1 saturated carbocycles. The van der Waals surface area contributed by atoms with Crippen LogP contribution in [0.15, 0.2) is 28.9 Å². The van der Waals surface area contributed by atoms with Gasteiger partial charge in [0, 0.05) is 36.6 Å². The molecule has 2 saturated heterocycles. The molecule has 1 aliphatic carbocycles. The van der Waals surface area contributed by atoms with Crippen molar-refractivity contribution >= 4 is 17.0 Å². The first-order valence-corrected chi connectivity index (χ1v) is 11.4. The highest BCUT2D eigenvalue weighted by Crippen LogP contribution is 2.39. The van der Waals surface area contributed by atoms with Crippen molar-refractivity contribution in [1.82, 2.24) is 24.8 Å². The van der Waals surface area contributed by atoms with E-state index in [0.29, 0.717) is 31.4 Å². The summed E-state index contributed by atoms with van der Waals surface area (Å²) in [5.74, 6) is 1.38. The highest BCUT2D eigenvalue weighted by molar-refractivity contribution is 5.83. The smallest absolute Gasteiger partial charge is 0.410 e. The lowest BCUT2D eigenvalue weighted by Gasteiger charge is -2.30. The molecule has 168 valence electrons. The average molecular weight is 438 g/mol. The summed E-state index contributed by atoms with van der Waals surface area (Å²) in [6, 6.07) is 6.39. The maximum absolute atomic E-state index is 12.3. The lowest BCUT2D eigenvalue weighted by atomic mass is 9.97. The number of amides is 1. The molecule has 3 fully saturated rings. The molecule has 4 heterocycles. The van der Waals surface area contributed by atoms with Crippen LogP contribution in [-0.4, -0.2) is 62.8 Å². The Hall–Kier alpha value is -2.94. The van der Waals surface area contributed by atoms with Crippen LogP contribution in [0.1, 0.15) is 56.9 Å². The molecule has 0 radical (unpaired) electrons. The van der Waals surface area contributed by atoms with Crippen molar-refractivity contribution in [1.29, 1.82) is 0 Å². The van der Waals surface area contributed by atoms with Gasteiger partial charge in [-0.15, -0.1) is 0 Å². The molecule has 6 rings (SSSR count). The SMILES string of the molecule is CC1(OC(=O)N2CCC(c3nc(-c4ccc5cnn(C6CCOC6)c5c4)no3)CC2)CC1. The van der Waals surface area contributed by atoms with Crippen molar-refractivity contribution in [3.63, 3.8) is 0 Å². The van der Waals surface area contributed by atoms with E-state index in [2.05, 4.69) is 16.3 Å². The molecule has 3 aromatic rings.